The summed E-state index contributed by atoms with van der Waals surface area (Å²) in [6.07, 6.45) is 0.281. The Morgan fingerprint density at radius 1 is 0.913 bits per heavy atom. The fourth-order valence-corrected chi connectivity index (χ4v) is 2.04. The first kappa shape index (κ1) is 17.0. The van der Waals surface area contributed by atoms with Crippen LogP contribution in [0.5, 0.6) is 0 Å². The van der Waals surface area contributed by atoms with E-state index in [1.54, 1.807) is 36.4 Å². The lowest BCUT2D eigenvalue weighted by Crippen LogP contribution is -2.18. The number of anilines is 2. The molecule has 0 aliphatic heterocycles. The molecular formula is C18H19ClN2O2. The Bertz CT molecular complexity index is 679. The Labute approximate surface area is 140 Å². The molecule has 0 spiro atoms. The van der Waals surface area contributed by atoms with Gasteiger partial charge in [0.1, 0.15) is 0 Å². The fourth-order valence-electron chi connectivity index (χ4n) is 1.92. The summed E-state index contributed by atoms with van der Waals surface area (Å²) >= 11 is 5.82. The topological polar surface area (TPSA) is 58.2 Å². The molecule has 0 atom stereocenters. The van der Waals surface area contributed by atoms with E-state index in [2.05, 4.69) is 10.6 Å². The minimum atomic E-state index is -0.105. The van der Waals surface area contributed by atoms with Crippen molar-refractivity contribution >= 4 is 34.8 Å². The molecule has 4 nitrogen and oxygen atoms in total. The van der Waals surface area contributed by atoms with E-state index in [0.717, 1.165) is 5.56 Å². The minimum Gasteiger partial charge on any atom is -0.326 e. The predicted octanol–water partition coefficient (Wildman–Crippen LogP) is 4.12. The fraction of sp³-hybridized carbons (Fsp3) is 0.222. The van der Waals surface area contributed by atoms with E-state index in [-0.39, 0.29) is 24.2 Å². The molecule has 5 heteroatoms. The average molecular weight is 331 g/mol. The van der Waals surface area contributed by atoms with Crippen molar-refractivity contribution in [3.8, 4) is 0 Å². The van der Waals surface area contributed by atoms with Crippen molar-refractivity contribution < 1.29 is 9.59 Å². The molecule has 0 heterocycles. The maximum Gasteiger partial charge on any atom is 0.228 e. The van der Waals surface area contributed by atoms with E-state index in [0.29, 0.717) is 16.4 Å². The number of hydrogen-bond donors (Lipinski definition) is 2. The van der Waals surface area contributed by atoms with E-state index in [1.165, 1.54) is 0 Å². The van der Waals surface area contributed by atoms with Gasteiger partial charge >= 0.3 is 0 Å². The normalized spacial score (nSPS) is 10.4. The van der Waals surface area contributed by atoms with E-state index in [4.69, 9.17) is 11.6 Å². The Morgan fingerprint density at radius 2 is 1.43 bits per heavy atom. The molecule has 0 aliphatic rings. The highest BCUT2D eigenvalue weighted by atomic mass is 35.5. The zero-order valence-electron chi connectivity index (χ0n) is 13.1. The quantitative estimate of drug-likeness (QED) is 0.866. The van der Waals surface area contributed by atoms with Crippen molar-refractivity contribution in [1.29, 1.82) is 0 Å². The number of carbonyl (C=O) groups is 2. The molecule has 0 aliphatic carbocycles. The Morgan fingerprint density at radius 3 is 1.96 bits per heavy atom. The molecule has 2 aromatic carbocycles. The Kier molecular flexibility index (Phi) is 5.77. The highest BCUT2D eigenvalue weighted by molar-refractivity contribution is 6.30. The molecule has 0 aromatic heterocycles. The van der Waals surface area contributed by atoms with Crippen LogP contribution in [0.25, 0.3) is 0 Å². The van der Waals surface area contributed by atoms with Gasteiger partial charge in [0, 0.05) is 22.3 Å². The number of rotatable bonds is 5. The predicted molar refractivity (Wildman–Crippen MR) is 93.7 cm³/mol. The lowest BCUT2D eigenvalue weighted by molar-refractivity contribution is -0.119. The van der Waals surface area contributed by atoms with Gasteiger partial charge in [-0.25, -0.2) is 0 Å². The first-order chi connectivity index (χ1) is 10.9. The molecule has 2 N–H and O–H groups in total. The maximum atomic E-state index is 12.0. The van der Waals surface area contributed by atoms with Crippen LogP contribution in [0.15, 0.2) is 48.5 Å². The van der Waals surface area contributed by atoms with Crippen molar-refractivity contribution in [3.63, 3.8) is 0 Å². The van der Waals surface area contributed by atoms with Crippen LogP contribution in [-0.2, 0) is 16.0 Å². The summed E-state index contributed by atoms with van der Waals surface area (Å²) < 4.78 is 0. The summed E-state index contributed by atoms with van der Waals surface area (Å²) in [6.45, 7) is 3.67. The summed E-state index contributed by atoms with van der Waals surface area (Å²) in [6, 6.07) is 14.2. The molecule has 0 saturated carbocycles. The second kappa shape index (κ2) is 7.79. The van der Waals surface area contributed by atoms with Crippen LogP contribution in [0, 0.1) is 5.92 Å². The van der Waals surface area contributed by atoms with E-state index in [1.807, 2.05) is 26.0 Å². The van der Waals surface area contributed by atoms with Crippen LogP contribution >= 0.6 is 11.6 Å². The van der Waals surface area contributed by atoms with Crippen LogP contribution in [0.2, 0.25) is 5.02 Å². The SMILES string of the molecule is CC(C)C(=O)Nc1ccc(NC(=O)Cc2ccc(Cl)cc2)cc1. The first-order valence-electron chi connectivity index (χ1n) is 7.39. The summed E-state index contributed by atoms with van der Waals surface area (Å²) in [5, 5.41) is 6.27. The van der Waals surface area contributed by atoms with Crippen LogP contribution < -0.4 is 10.6 Å². The summed E-state index contributed by atoms with van der Waals surface area (Å²) in [7, 11) is 0. The van der Waals surface area contributed by atoms with Gasteiger partial charge in [0.15, 0.2) is 0 Å². The van der Waals surface area contributed by atoms with Crippen LogP contribution in [0.3, 0.4) is 0 Å². The number of benzene rings is 2. The monoisotopic (exact) mass is 330 g/mol. The molecule has 2 amide bonds. The third-order valence-electron chi connectivity index (χ3n) is 3.24. The summed E-state index contributed by atoms with van der Waals surface area (Å²) in [4.78, 5) is 23.6. The minimum absolute atomic E-state index is 0.0375. The van der Waals surface area contributed by atoms with Gasteiger partial charge < -0.3 is 10.6 Å². The van der Waals surface area contributed by atoms with Gasteiger partial charge in [0.25, 0.3) is 0 Å². The molecule has 0 radical (unpaired) electrons. The molecule has 0 unspecified atom stereocenters. The average Bonchev–Trinajstić information content (AvgIpc) is 2.51. The zero-order valence-corrected chi connectivity index (χ0v) is 13.9. The molecule has 0 bridgehead atoms. The number of nitrogens with one attached hydrogen (secondary N) is 2. The molecule has 120 valence electrons. The first-order valence-corrected chi connectivity index (χ1v) is 7.77. The second-order valence-corrected chi connectivity index (χ2v) is 6.01. The smallest absolute Gasteiger partial charge is 0.228 e. The van der Waals surface area contributed by atoms with E-state index in [9.17, 15) is 9.59 Å². The van der Waals surface area contributed by atoms with Gasteiger partial charge in [-0.2, -0.15) is 0 Å². The second-order valence-electron chi connectivity index (χ2n) is 5.57. The van der Waals surface area contributed by atoms with Crippen molar-refractivity contribution in [1.82, 2.24) is 0 Å². The van der Waals surface area contributed by atoms with Gasteiger partial charge in [-0.15, -0.1) is 0 Å². The molecule has 23 heavy (non-hydrogen) atoms. The van der Waals surface area contributed by atoms with Gasteiger partial charge in [-0.05, 0) is 42.0 Å². The lowest BCUT2D eigenvalue weighted by Gasteiger charge is -2.09. The van der Waals surface area contributed by atoms with Crippen molar-refractivity contribution in [2.24, 2.45) is 5.92 Å². The third kappa shape index (κ3) is 5.42. The highest BCUT2D eigenvalue weighted by Crippen LogP contribution is 2.15. The molecular weight excluding hydrogens is 312 g/mol. The standard InChI is InChI=1S/C18H19ClN2O2/c1-12(2)18(23)21-16-9-7-15(8-10-16)20-17(22)11-13-3-5-14(19)6-4-13/h3-10,12H,11H2,1-2H3,(H,20,22)(H,21,23). The van der Waals surface area contributed by atoms with Gasteiger partial charge in [0.2, 0.25) is 11.8 Å². The summed E-state index contributed by atoms with van der Waals surface area (Å²) in [5.74, 6) is -0.218. The zero-order chi connectivity index (χ0) is 16.8. The Hall–Kier alpha value is -2.33. The van der Waals surface area contributed by atoms with Crippen LogP contribution in [0.4, 0.5) is 11.4 Å². The highest BCUT2D eigenvalue weighted by Gasteiger charge is 2.08. The van der Waals surface area contributed by atoms with Crippen LogP contribution in [0.1, 0.15) is 19.4 Å². The van der Waals surface area contributed by atoms with Gasteiger partial charge in [0.05, 0.1) is 6.42 Å². The molecule has 2 rings (SSSR count). The van der Waals surface area contributed by atoms with Gasteiger partial charge in [-0.3, -0.25) is 9.59 Å². The maximum absolute atomic E-state index is 12.0. The van der Waals surface area contributed by atoms with E-state index < -0.39 is 0 Å². The third-order valence-corrected chi connectivity index (χ3v) is 3.49. The van der Waals surface area contributed by atoms with Crippen molar-refractivity contribution in [2.75, 3.05) is 10.6 Å². The largest absolute Gasteiger partial charge is 0.326 e. The molecule has 0 saturated heterocycles. The van der Waals surface area contributed by atoms with Crippen molar-refractivity contribution in [3.05, 3.63) is 59.1 Å². The van der Waals surface area contributed by atoms with Crippen molar-refractivity contribution in [2.45, 2.75) is 20.3 Å². The number of hydrogen-bond acceptors (Lipinski definition) is 2. The lowest BCUT2D eigenvalue weighted by atomic mass is 10.1. The molecule has 2 aromatic rings. The van der Waals surface area contributed by atoms with Gasteiger partial charge in [-0.1, -0.05) is 37.6 Å². The number of halogens is 1. The molecule has 0 fully saturated rings. The Balaban J connectivity index is 1.91. The van der Waals surface area contributed by atoms with Crippen LogP contribution in [-0.4, -0.2) is 11.8 Å². The summed E-state index contributed by atoms with van der Waals surface area (Å²) in [5.41, 5.74) is 2.29. The van der Waals surface area contributed by atoms with E-state index >= 15 is 0 Å². The number of amides is 2. The number of carbonyl (C=O) groups excluding carboxylic acids is 2.